The summed E-state index contributed by atoms with van der Waals surface area (Å²) in [6.45, 7) is 7.82. The molecule has 166 valence electrons. The number of carbonyl (C=O) groups is 1. The van der Waals surface area contributed by atoms with E-state index in [4.69, 9.17) is 0 Å². The molecule has 0 N–H and O–H groups in total. The van der Waals surface area contributed by atoms with Gasteiger partial charge >= 0.3 is 0 Å². The van der Waals surface area contributed by atoms with Crippen molar-refractivity contribution in [3.63, 3.8) is 0 Å². The van der Waals surface area contributed by atoms with E-state index in [1.54, 1.807) is 10.8 Å². The van der Waals surface area contributed by atoms with E-state index in [0.717, 1.165) is 16.7 Å². The quantitative estimate of drug-likeness (QED) is 0.455. The minimum atomic E-state index is -0.200. The second-order valence-electron chi connectivity index (χ2n) is 9.19. The minimum absolute atomic E-state index is 0.111. The lowest BCUT2D eigenvalue weighted by atomic mass is 9.98. The van der Waals surface area contributed by atoms with E-state index in [9.17, 15) is 9.59 Å². The van der Waals surface area contributed by atoms with E-state index in [2.05, 4.69) is 44.0 Å². The van der Waals surface area contributed by atoms with Crippen LogP contribution in [0.15, 0.2) is 71.7 Å². The average molecular weight is 438 g/mol. The van der Waals surface area contributed by atoms with Crippen LogP contribution in [0.5, 0.6) is 0 Å². The van der Waals surface area contributed by atoms with Crippen LogP contribution >= 0.6 is 0 Å². The van der Waals surface area contributed by atoms with Crippen molar-refractivity contribution >= 4 is 16.8 Å². The van der Waals surface area contributed by atoms with Crippen LogP contribution in [-0.4, -0.2) is 26.9 Å². The van der Waals surface area contributed by atoms with E-state index in [1.807, 2.05) is 47.4 Å². The Morgan fingerprint density at radius 1 is 0.939 bits per heavy atom. The van der Waals surface area contributed by atoms with Gasteiger partial charge in [-0.25, -0.2) is 0 Å². The van der Waals surface area contributed by atoms with Crippen molar-refractivity contribution in [1.82, 2.24) is 14.5 Å². The molecule has 2 aromatic heterocycles. The molecular formula is C28H27N3O2. The van der Waals surface area contributed by atoms with Gasteiger partial charge in [0.25, 0.3) is 11.5 Å². The fourth-order valence-corrected chi connectivity index (χ4v) is 5.06. The number of benzene rings is 2. The molecule has 0 bridgehead atoms. The molecule has 33 heavy (non-hydrogen) atoms. The lowest BCUT2D eigenvalue weighted by molar-refractivity contribution is 0.0729. The third kappa shape index (κ3) is 3.84. The number of aryl methyl sites for hydroxylation is 2. The molecule has 5 nitrogen and oxygen atoms in total. The van der Waals surface area contributed by atoms with Crippen molar-refractivity contribution in [1.29, 1.82) is 0 Å². The number of hydrogen-bond donors (Lipinski definition) is 0. The van der Waals surface area contributed by atoms with Gasteiger partial charge in [0, 0.05) is 36.8 Å². The van der Waals surface area contributed by atoms with Gasteiger partial charge in [-0.2, -0.15) is 0 Å². The predicted molar refractivity (Wildman–Crippen MR) is 131 cm³/mol. The third-order valence-electron chi connectivity index (χ3n) is 6.26. The number of fused-ring (bicyclic) bond motifs is 2. The first-order valence-electron chi connectivity index (χ1n) is 11.4. The summed E-state index contributed by atoms with van der Waals surface area (Å²) in [5, 5.41) is 0.717. The van der Waals surface area contributed by atoms with Crippen molar-refractivity contribution < 1.29 is 4.79 Å². The summed E-state index contributed by atoms with van der Waals surface area (Å²) in [5.74, 6) is 0.0174. The molecule has 1 amide bonds. The van der Waals surface area contributed by atoms with Crippen molar-refractivity contribution in [2.45, 2.75) is 33.9 Å². The molecular weight excluding hydrogens is 410 g/mol. The molecule has 0 saturated carbocycles. The van der Waals surface area contributed by atoms with Crippen LogP contribution in [0.3, 0.4) is 0 Å². The van der Waals surface area contributed by atoms with Gasteiger partial charge in [0.05, 0.1) is 0 Å². The summed E-state index contributed by atoms with van der Waals surface area (Å²) in [5.41, 5.74) is 5.82. The molecule has 0 saturated heterocycles. The fraction of sp³-hybridized carbons (Fsp3) is 0.250. The first kappa shape index (κ1) is 21.1. The van der Waals surface area contributed by atoms with E-state index in [0.29, 0.717) is 36.2 Å². The zero-order valence-corrected chi connectivity index (χ0v) is 19.2. The highest BCUT2D eigenvalue weighted by atomic mass is 16.2. The number of rotatable bonds is 3. The highest BCUT2D eigenvalue weighted by Gasteiger charge is 2.31. The van der Waals surface area contributed by atoms with Crippen LogP contribution in [0.2, 0.25) is 0 Å². The number of aromatic nitrogens is 2. The molecule has 1 aliphatic rings. The second-order valence-corrected chi connectivity index (χ2v) is 9.19. The van der Waals surface area contributed by atoms with Crippen LogP contribution in [0.25, 0.3) is 22.0 Å². The Morgan fingerprint density at radius 3 is 2.39 bits per heavy atom. The highest BCUT2D eigenvalue weighted by molar-refractivity contribution is 6.07. The van der Waals surface area contributed by atoms with E-state index in [-0.39, 0.29) is 17.4 Å². The molecule has 2 aromatic carbocycles. The van der Waals surface area contributed by atoms with Gasteiger partial charge in [0.1, 0.15) is 11.2 Å². The Kier molecular flexibility index (Phi) is 5.33. The fourth-order valence-electron chi connectivity index (χ4n) is 5.06. The molecule has 0 spiro atoms. The Balaban J connectivity index is 1.75. The maximum absolute atomic E-state index is 14.1. The Morgan fingerprint density at radius 2 is 1.67 bits per heavy atom. The van der Waals surface area contributed by atoms with Crippen LogP contribution in [0.4, 0.5) is 0 Å². The molecule has 0 radical (unpaired) electrons. The van der Waals surface area contributed by atoms with Crippen LogP contribution < -0.4 is 5.56 Å². The molecule has 3 heterocycles. The summed E-state index contributed by atoms with van der Waals surface area (Å²) in [6.07, 6.45) is 1.64. The zero-order valence-electron chi connectivity index (χ0n) is 19.2. The first-order chi connectivity index (χ1) is 15.9. The summed E-state index contributed by atoms with van der Waals surface area (Å²) in [6, 6.07) is 20.0. The van der Waals surface area contributed by atoms with Crippen molar-refractivity contribution in [3.05, 3.63) is 99.6 Å². The van der Waals surface area contributed by atoms with Gasteiger partial charge in [0.2, 0.25) is 0 Å². The smallest absolute Gasteiger partial charge is 0.277 e. The Bertz CT molecular complexity index is 1400. The van der Waals surface area contributed by atoms with Gasteiger partial charge in [0.15, 0.2) is 0 Å². The number of nitrogens with zero attached hydrogens (tertiary/aromatic N) is 3. The number of pyridine rings is 2. The predicted octanol–water partition coefficient (Wildman–Crippen LogP) is 4.97. The lowest BCUT2D eigenvalue weighted by Gasteiger charge is -2.24. The van der Waals surface area contributed by atoms with Crippen molar-refractivity contribution in [3.8, 4) is 11.1 Å². The average Bonchev–Trinajstić information content (AvgIpc) is 2.91. The maximum Gasteiger partial charge on any atom is 0.277 e. The van der Waals surface area contributed by atoms with E-state index in [1.165, 1.54) is 11.1 Å². The minimum Gasteiger partial charge on any atom is -0.333 e. The molecule has 0 aliphatic carbocycles. The summed E-state index contributed by atoms with van der Waals surface area (Å²) >= 11 is 0. The molecule has 5 rings (SSSR count). The van der Waals surface area contributed by atoms with Crippen molar-refractivity contribution in [2.75, 3.05) is 6.54 Å². The first-order valence-corrected chi connectivity index (χ1v) is 11.4. The largest absolute Gasteiger partial charge is 0.333 e. The van der Waals surface area contributed by atoms with E-state index < -0.39 is 0 Å². The molecule has 4 aromatic rings. The van der Waals surface area contributed by atoms with Gasteiger partial charge in [-0.05, 0) is 37.0 Å². The summed E-state index contributed by atoms with van der Waals surface area (Å²) < 4.78 is 1.66. The van der Waals surface area contributed by atoms with Crippen LogP contribution in [0, 0.1) is 19.8 Å². The van der Waals surface area contributed by atoms with Gasteiger partial charge in [-0.1, -0.05) is 72.6 Å². The Labute approximate surface area is 193 Å². The standard InChI is InChI=1S/C28H27N3O2/c1-18-12-19(2)14-21(13-18)17-30-15-20(3)16-31-26(28(30)33)24(22-8-5-4-6-9-22)23-10-7-11-29-25(23)27(31)32/h4-14,20H,15-17H2,1-3H3/t20-/m0/s1. The topological polar surface area (TPSA) is 55.2 Å². The van der Waals surface area contributed by atoms with Crippen LogP contribution in [-0.2, 0) is 13.1 Å². The summed E-state index contributed by atoms with van der Waals surface area (Å²) in [4.78, 5) is 33.9. The van der Waals surface area contributed by atoms with Gasteiger partial charge in [-0.15, -0.1) is 0 Å². The molecule has 1 atom stereocenters. The SMILES string of the molecule is Cc1cc(C)cc(CN2C[C@H](C)Cn3c(c(-c4ccccc4)c4cccnc4c3=O)C2=O)c1. The van der Waals surface area contributed by atoms with Crippen molar-refractivity contribution in [2.24, 2.45) is 5.92 Å². The van der Waals surface area contributed by atoms with Crippen LogP contribution in [0.1, 0.15) is 34.1 Å². The molecule has 1 aliphatic heterocycles. The monoisotopic (exact) mass is 437 g/mol. The van der Waals surface area contributed by atoms with E-state index >= 15 is 0 Å². The number of hydrogen-bond acceptors (Lipinski definition) is 3. The molecule has 0 fully saturated rings. The number of carbonyl (C=O) groups excluding carboxylic acids is 1. The van der Waals surface area contributed by atoms with Gasteiger partial charge in [-0.3, -0.25) is 14.6 Å². The molecule has 5 heteroatoms. The normalized spacial score (nSPS) is 16.0. The number of amides is 1. The van der Waals surface area contributed by atoms with Gasteiger partial charge < -0.3 is 9.47 Å². The maximum atomic E-state index is 14.1. The molecule has 0 unspecified atom stereocenters. The third-order valence-corrected chi connectivity index (χ3v) is 6.26. The lowest BCUT2D eigenvalue weighted by Crippen LogP contribution is -2.34. The highest BCUT2D eigenvalue weighted by Crippen LogP contribution is 2.33. The zero-order chi connectivity index (χ0) is 23.1. The Hall–Kier alpha value is -3.73. The summed E-state index contributed by atoms with van der Waals surface area (Å²) in [7, 11) is 0. The second kappa shape index (κ2) is 8.32.